The van der Waals surface area contributed by atoms with E-state index in [1.165, 1.54) is 12.8 Å². The molecule has 2 saturated heterocycles. The van der Waals surface area contributed by atoms with Crippen molar-refractivity contribution >= 4 is 29.5 Å². The highest BCUT2D eigenvalue weighted by Gasteiger charge is 2.52. The summed E-state index contributed by atoms with van der Waals surface area (Å²) in [5.74, 6) is 0.0316. The first-order chi connectivity index (χ1) is 17.9. The molecule has 37 heavy (non-hydrogen) atoms. The Morgan fingerprint density at radius 2 is 2.00 bits per heavy atom. The maximum Gasteiger partial charge on any atom is 0.411 e. The molecule has 2 aliphatic carbocycles. The van der Waals surface area contributed by atoms with Gasteiger partial charge in [-0.05, 0) is 68.1 Å². The molecule has 4 atom stereocenters. The summed E-state index contributed by atoms with van der Waals surface area (Å²) >= 11 is 6.18. The van der Waals surface area contributed by atoms with E-state index >= 15 is 0 Å². The molecule has 0 radical (unpaired) electrons. The molecule has 198 valence electrons. The number of hydrogen-bond acceptors (Lipinski definition) is 5. The van der Waals surface area contributed by atoms with Gasteiger partial charge >= 0.3 is 6.09 Å². The van der Waals surface area contributed by atoms with Crippen molar-refractivity contribution in [3.05, 3.63) is 34.9 Å². The van der Waals surface area contributed by atoms with Crippen LogP contribution >= 0.6 is 11.6 Å². The Morgan fingerprint density at radius 1 is 1.22 bits per heavy atom. The van der Waals surface area contributed by atoms with Crippen LogP contribution in [0, 0.1) is 29.1 Å². The molecule has 1 aromatic rings. The SMILES string of the molecule is N#C[C@H](C[C@@H]1CCCNC1=O)NC(=O)C1CC(C2CCCC2)CN1C(=O)OC1(c2cccc(Cl)c2)CC1. The number of amides is 3. The lowest BCUT2D eigenvalue weighted by atomic mass is 9.88. The Morgan fingerprint density at radius 3 is 2.68 bits per heavy atom. The number of nitrogens with zero attached hydrogens (tertiary/aromatic N) is 2. The minimum Gasteiger partial charge on any atom is -0.438 e. The predicted octanol–water partition coefficient (Wildman–Crippen LogP) is 4.27. The molecular weight excluding hydrogens is 492 g/mol. The molecule has 2 unspecified atom stereocenters. The van der Waals surface area contributed by atoms with Gasteiger partial charge in [-0.3, -0.25) is 14.5 Å². The zero-order valence-corrected chi connectivity index (χ0v) is 21.8. The quantitative estimate of drug-likeness (QED) is 0.551. The molecule has 4 fully saturated rings. The lowest BCUT2D eigenvalue weighted by molar-refractivity contribution is -0.128. The molecule has 2 aliphatic heterocycles. The fourth-order valence-corrected chi connectivity index (χ4v) is 6.60. The van der Waals surface area contributed by atoms with Crippen LogP contribution in [0.25, 0.3) is 0 Å². The van der Waals surface area contributed by atoms with Crippen molar-refractivity contribution in [3.63, 3.8) is 0 Å². The van der Waals surface area contributed by atoms with Crippen LogP contribution in [0.4, 0.5) is 4.79 Å². The van der Waals surface area contributed by atoms with E-state index in [-0.39, 0.29) is 30.1 Å². The summed E-state index contributed by atoms with van der Waals surface area (Å²) in [6.07, 6.45) is 7.95. The minimum absolute atomic E-state index is 0.0659. The summed E-state index contributed by atoms with van der Waals surface area (Å²) in [5.41, 5.74) is 0.175. The smallest absolute Gasteiger partial charge is 0.411 e. The van der Waals surface area contributed by atoms with E-state index in [0.717, 1.165) is 37.7 Å². The van der Waals surface area contributed by atoms with Crippen LogP contribution in [-0.4, -0.2) is 48.0 Å². The van der Waals surface area contributed by atoms with Crippen molar-refractivity contribution in [2.45, 2.75) is 81.9 Å². The van der Waals surface area contributed by atoms with Gasteiger partial charge in [-0.1, -0.05) is 49.4 Å². The fourth-order valence-electron chi connectivity index (χ4n) is 6.41. The molecule has 2 saturated carbocycles. The number of nitriles is 1. The Hall–Kier alpha value is -2.79. The Kier molecular flexibility index (Phi) is 7.62. The third-order valence-corrected chi connectivity index (χ3v) is 8.90. The van der Waals surface area contributed by atoms with Crippen LogP contribution in [0.15, 0.2) is 24.3 Å². The third kappa shape index (κ3) is 5.72. The van der Waals surface area contributed by atoms with Crippen LogP contribution in [0.3, 0.4) is 0 Å². The van der Waals surface area contributed by atoms with E-state index < -0.39 is 23.8 Å². The highest BCUT2D eigenvalue weighted by atomic mass is 35.5. The molecule has 8 nitrogen and oxygen atoms in total. The van der Waals surface area contributed by atoms with Crippen molar-refractivity contribution in [1.82, 2.24) is 15.5 Å². The second kappa shape index (κ2) is 10.9. The fraction of sp³-hybridized carbons (Fsp3) is 0.643. The zero-order valence-electron chi connectivity index (χ0n) is 21.1. The third-order valence-electron chi connectivity index (χ3n) is 8.67. The molecule has 5 rings (SSSR count). The van der Waals surface area contributed by atoms with E-state index in [1.54, 1.807) is 11.0 Å². The largest absolute Gasteiger partial charge is 0.438 e. The molecule has 2 N–H and O–H groups in total. The summed E-state index contributed by atoms with van der Waals surface area (Å²) in [6, 6.07) is 8.06. The van der Waals surface area contributed by atoms with Crippen molar-refractivity contribution in [2.75, 3.05) is 13.1 Å². The van der Waals surface area contributed by atoms with Crippen LogP contribution in [-0.2, 0) is 19.9 Å². The number of carbonyl (C=O) groups excluding carboxylic acids is 3. The van der Waals surface area contributed by atoms with Crippen LogP contribution < -0.4 is 10.6 Å². The number of halogens is 1. The number of piperidine rings is 1. The molecule has 0 bridgehead atoms. The number of rotatable bonds is 7. The first-order valence-corrected chi connectivity index (χ1v) is 14.0. The maximum atomic E-state index is 13.5. The van der Waals surface area contributed by atoms with E-state index in [1.807, 2.05) is 18.2 Å². The highest BCUT2D eigenvalue weighted by Crippen LogP contribution is 2.50. The van der Waals surface area contributed by atoms with E-state index in [2.05, 4.69) is 16.7 Å². The van der Waals surface area contributed by atoms with Crippen molar-refractivity contribution in [1.29, 1.82) is 5.26 Å². The normalized spacial score (nSPS) is 27.7. The summed E-state index contributed by atoms with van der Waals surface area (Å²) in [4.78, 5) is 40.8. The van der Waals surface area contributed by atoms with Gasteiger partial charge in [-0.25, -0.2) is 4.79 Å². The number of carbonyl (C=O) groups is 3. The zero-order chi connectivity index (χ0) is 26.0. The van der Waals surface area contributed by atoms with Gasteiger partial charge in [0.2, 0.25) is 11.8 Å². The number of likely N-dealkylation sites (tertiary alicyclic amines) is 1. The van der Waals surface area contributed by atoms with E-state index in [4.69, 9.17) is 16.3 Å². The van der Waals surface area contributed by atoms with Crippen LogP contribution in [0.5, 0.6) is 0 Å². The van der Waals surface area contributed by atoms with Gasteiger partial charge < -0.3 is 15.4 Å². The number of hydrogen-bond donors (Lipinski definition) is 2. The molecule has 2 heterocycles. The first kappa shape index (κ1) is 25.8. The average molecular weight is 527 g/mol. The minimum atomic E-state index is -0.786. The molecule has 0 spiro atoms. The first-order valence-electron chi connectivity index (χ1n) is 13.6. The van der Waals surface area contributed by atoms with Crippen LogP contribution in [0.2, 0.25) is 5.02 Å². The van der Waals surface area contributed by atoms with E-state index in [0.29, 0.717) is 36.9 Å². The molecule has 3 amide bonds. The molecule has 9 heteroatoms. The topological polar surface area (TPSA) is 112 Å². The van der Waals surface area contributed by atoms with Gasteiger partial charge in [0.1, 0.15) is 17.7 Å². The number of nitrogens with one attached hydrogen (secondary N) is 2. The van der Waals surface area contributed by atoms with Gasteiger partial charge in [-0.2, -0.15) is 5.26 Å². The van der Waals surface area contributed by atoms with Gasteiger partial charge in [0.05, 0.1) is 6.07 Å². The van der Waals surface area contributed by atoms with Gasteiger partial charge in [0, 0.05) is 24.0 Å². The monoisotopic (exact) mass is 526 g/mol. The Balaban J connectivity index is 1.29. The van der Waals surface area contributed by atoms with Gasteiger partial charge in [0.25, 0.3) is 0 Å². The summed E-state index contributed by atoms with van der Waals surface area (Å²) in [7, 11) is 0. The molecular formula is C28H35ClN4O4. The lowest BCUT2D eigenvalue weighted by Crippen LogP contribution is -2.50. The lowest BCUT2D eigenvalue weighted by Gasteiger charge is -2.28. The Bertz CT molecular complexity index is 1080. The molecule has 4 aliphatic rings. The second-order valence-electron chi connectivity index (χ2n) is 11.1. The van der Waals surface area contributed by atoms with Crippen molar-refractivity contribution < 1.29 is 19.1 Å². The predicted molar refractivity (Wildman–Crippen MR) is 137 cm³/mol. The number of benzene rings is 1. The highest BCUT2D eigenvalue weighted by molar-refractivity contribution is 6.30. The second-order valence-corrected chi connectivity index (χ2v) is 11.6. The standard InChI is InChI=1S/C28H35ClN4O4/c29-22-9-3-8-21(15-22)28(10-11-28)37-27(36)33-17-20(18-5-1-2-6-18)14-24(33)26(35)32-23(16-30)13-19-7-4-12-31-25(19)34/h3,8-9,15,18-20,23-24H,1-2,4-7,10-14,17H2,(H,31,34)(H,32,35)/t19-,20?,23-,24?/m0/s1. The number of ether oxygens (including phenoxy) is 1. The van der Waals surface area contributed by atoms with Crippen molar-refractivity contribution in [3.8, 4) is 6.07 Å². The van der Waals surface area contributed by atoms with Crippen LogP contribution in [0.1, 0.15) is 69.8 Å². The average Bonchev–Trinajstić information content (AvgIpc) is 3.28. The van der Waals surface area contributed by atoms with Gasteiger partial charge in [-0.15, -0.1) is 0 Å². The Labute approximate surface area is 223 Å². The summed E-state index contributed by atoms with van der Waals surface area (Å²) in [6.45, 7) is 1.13. The molecule has 1 aromatic carbocycles. The van der Waals surface area contributed by atoms with E-state index in [9.17, 15) is 19.6 Å². The molecule has 0 aromatic heterocycles. The summed E-state index contributed by atoms with van der Waals surface area (Å²) in [5, 5.41) is 16.0. The van der Waals surface area contributed by atoms with Crippen molar-refractivity contribution in [2.24, 2.45) is 17.8 Å². The maximum absolute atomic E-state index is 13.5. The summed E-state index contributed by atoms with van der Waals surface area (Å²) < 4.78 is 6.06. The van der Waals surface area contributed by atoms with Gasteiger partial charge in [0.15, 0.2) is 0 Å².